The van der Waals surface area contributed by atoms with Crippen LogP contribution in [0.3, 0.4) is 0 Å². The van der Waals surface area contributed by atoms with Gasteiger partial charge in [0.05, 0.1) is 18.0 Å². The Balaban J connectivity index is 2.05. The molecule has 6 heteroatoms. The standard InChI is InChI=1S/C15H17N3O2S/c1-10-5-6-13(20-3)12(9-10)18-14(19)11(2)21-15-16-7-4-8-17-15/h4-9,11H,1-3H3,(H,18,19)/t11-/m1/s1. The van der Waals surface area contributed by atoms with Crippen molar-refractivity contribution in [2.24, 2.45) is 0 Å². The average molecular weight is 303 g/mol. The predicted molar refractivity (Wildman–Crippen MR) is 83.7 cm³/mol. The third kappa shape index (κ3) is 4.19. The summed E-state index contributed by atoms with van der Waals surface area (Å²) in [5.74, 6) is 0.526. The number of hydrogen-bond donors (Lipinski definition) is 1. The van der Waals surface area contributed by atoms with Gasteiger partial charge in [-0.3, -0.25) is 4.79 Å². The van der Waals surface area contributed by atoms with Gasteiger partial charge in [-0.25, -0.2) is 9.97 Å². The number of aryl methyl sites for hydroxylation is 1. The minimum absolute atomic E-state index is 0.114. The number of thioether (sulfide) groups is 1. The van der Waals surface area contributed by atoms with Crippen LogP contribution in [0, 0.1) is 6.92 Å². The zero-order valence-electron chi connectivity index (χ0n) is 12.2. The Morgan fingerprint density at radius 2 is 2.05 bits per heavy atom. The third-order valence-corrected chi connectivity index (χ3v) is 3.80. The molecule has 0 saturated carbocycles. The van der Waals surface area contributed by atoms with Crippen molar-refractivity contribution in [1.29, 1.82) is 0 Å². The lowest BCUT2D eigenvalue weighted by molar-refractivity contribution is -0.115. The van der Waals surface area contributed by atoms with Crippen molar-refractivity contribution in [1.82, 2.24) is 9.97 Å². The fraction of sp³-hybridized carbons (Fsp3) is 0.267. The lowest BCUT2D eigenvalue weighted by Crippen LogP contribution is -2.23. The molecule has 110 valence electrons. The van der Waals surface area contributed by atoms with Crippen molar-refractivity contribution >= 4 is 23.4 Å². The van der Waals surface area contributed by atoms with E-state index in [4.69, 9.17) is 4.74 Å². The van der Waals surface area contributed by atoms with Crippen molar-refractivity contribution in [3.8, 4) is 5.75 Å². The van der Waals surface area contributed by atoms with Crippen LogP contribution in [0.2, 0.25) is 0 Å². The van der Waals surface area contributed by atoms with Gasteiger partial charge < -0.3 is 10.1 Å². The normalized spacial score (nSPS) is 11.8. The second-order valence-electron chi connectivity index (χ2n) is 4.48. The quantitative estimate of drug-likeness (QED) is 0.679. The van der Waals surface area contributed by atoms with Gasteiger partial charge in [0, 0.05) is 12.4 Å². The van der Waals surface area contributed by atoms with Crippen molar-refractivity contribution in [3.05, 3.63) is 42.2 Å². The maximum absolute atomic E-state index is 12.3. The van der Waals surface area contributed by atoms with Crippen molar-refractivity contribution in [2.45, 2.75) is 24.3 Å². The van der Waals surface area contributed by atoms with Gasteiger partial charge in [-0.1, -0.05) is 17.8 Å². The topological polar surface area (TPSA) is 64.1 Å². The molecule has 0 aliphatic heterocycles. The number of anilines is 1. The van der Waals surface area contributed by atoms with E-state index in [1.165, 1.54) is 11.8 Å². The molecule has 1 amide bonds. The second-order valence-corrected chi connectivity index (χ2v) is 5.79. The van der Waals surface area contributed by atoms with Gasteiger partial charge in [-0.2, -0.15) is 0 Å². The van der Waals surface area contributed by atoms with Crippen LogP contribution in [0.15, 0.2) is 41.8 Å². The van der Waals surface area contributed by atoms with E-state index in [0.29, 0.717) is 16.6 Å². The van der Waals surface area contributed by atoms with Crippen molar-refractivity contribution in [3.63, 3.8) is 0 Å². The molecule has 5 nitrogen and oxygen atoms in total. The van der Waals surface area contributed by atoms with Gasteiger partial charge >= 0.3 is 0 Å². The molecule has 1 atom stereocenters. The summed E-state index contributed by atoms with van der Waals surface area (Å²) in [6.45, 7) is 3.78. The zero-order valence-corrected chi connectivity index (χ0v) is 13.0. The summed E-state index contributed by atoms with van der Waals surface area (Å²) in [4.78, 5) is 20.5. The molecule has 0 aliphatic rings. The Bertz CT molecular complexity index is 620. The van der Waals surface area contributed by atoms with Crippen LogP contribution in [0.1, 0.15) is 12.5 Å². The molecule has 1 aromatic carbocycles. The van der Waals surface area contributed by atoms with E-state index in [1.807, 2.05) is 32.0 Å². The van der Waals surface area contributed by atoms with E-state index in [-0.39, 0.29) is 11.2 Å². The molecular formula is C15H17N3O2S. The molecule has 1 heterocycles. The minimum Gasteiger partial charge on any atom is -0.495 e. The molecule has 1 N–H and O–H groups in total. The highest BCUT2D eigenvalue weighted by Crippen LogP contribution is 2.27. The number of aromatic nitrogens is 2. The van der Waals surface area contributed by atoms with Crippen LogP contribution in [-0.4, -0.2) is 28.2 Å². The highest BCUT2D eigenvalue weighted by atomic mass is 32.2. The van der Waals surface area contributed by atoms with Gasteiger partial charge in [0.2, 0.25) is 5.91 Å². The van der Waals surface area contributed by atoms with E-state index in [0.717, 1.165) is 5.56 Å². The molecule has 0 spiro atoms. The molecule has 0 aliphatic carbocycles. The van der Waals surface area contributed by atoms with Crippen LogP contribution < -0.4 is 10.1 Å². The number of carbonyl (C=O) groups is 1. The number of amides is 1. The first kappa shape index (κ1) is 15.3. The summed E-state index contributed by atoms with van der Waals surface area (Å²) in [7, 11) is 1.58. The van der Waals surface area contributed by atoms with E-state index in [1.54, 1.807) is 25.6 Å². The molecule has 2 aromatic rings. The number of nitrogens with one attached hydrogen (secondary N) is 1. The highest BCUT2D eigenvalue weighted by molar-refractivity contribution is 8.00. The zero-order chi connectivity index (χ0) is 15.2. The van der Waals surface area contributed by atoms with Crippen LogP contribution in [0.4, 0.5) is 5.69 Å². The van der Waals surface area contributed by atoms with Gasteiger partial charge in [0.15, 0.2) is 5.16 Å². The smallest absolute Gasteiger partial charge is 0.237 e. The lowest BCUT2D eigenvalue weighted by Gasteiger charge is -2.14. The number of benzene rings is 1. The van der Waals surface area contributed by atoms with Gasteiger partial charge in [0.25, 0.3) is 0 Å². The summed E-state index contributed by atoms with van der Waals surface area (Å²) in [5, 5.41) is 3.15. The fourth-order valence-corrected chi connectivity index (χ4v) is 2.44. The van der Waals surface area contributed by atoms with Crippen molar-refractivity contribution < 1.29 is 9.53 Å². The highest BCUT2D eigenvalue weighted by Gasteiger charge is 2.17. The third-order valence-electron chi connectivity index (χ3n) is 2.81. The summed E-state index contributed by atoms with van der Waals surface area (Å²) in [6, 6.07) is 7.40. The molecule has 2 rings (SSSR count). The molecule has 1 aromatic heterocycles. The average Bonchev–Trinajstić information content (AvgIpc) is 2.48. The predicted octanol–water partition coefficient (Wildman–Crippen LogP) is 2.91. The van der Waals surface area contributed by atoms with Gasteiger partial charge in [-0.15, -0.1) is 0 Å². The van der Waals surface area contributed by atoms with E-state index in [9.17, 15) is 4.79 Å². The second kappa shape index (κ2) is 7.08. The Hall–Kier alpha value is -2.08. The SMILES string of the molecule is COc1ccc(C)cc1NC(=O)[C@@H](C)Sc1ncccn1. The summed E-state index contributed by atoms with van der Waals surface area (Å²) >= 11 is 1.31. The number of ether oxygens (including phenoxy) is 1. The minimum atomic E-state index is -0.308. The largest absolute Gasteiger partial charge is 0.495 e. The number of nitrogens with zero attached hydrogens (tertiary/aromatic N) is 2. The van der Waals surface area contributed by atoms with Crippen LogP contribution >= 0.6 is 11.8 Å². The molecule has 0 fully saturated rings. The maximum Gasteiger partial charge on any atom is 0.237 e. The molecular weight excluding hydrogens is 286 g/mol. The number of carbonyl (C=O) groups excluding carboxylic acids is 1. The Labute approximate surface area is 128 Å². The van der Waals surface area contributed by atoms with Crippen LogP contribution in [0.25, 0.3) is 0 Å². The fourth-order valence-electron chi connectivity index (χ4n) is 1.71. The number of rotatable bonds is 5. The molecule has 0 bridgehead atoms. The van der Waals surface area contributed by atoms with Crippen molar-refractivity contribution in [2.75, 3.05) is 12.4 Å². The maximum atomic E-state index is 12.3. The van der Waals surface area contributed by atoms with Gasteiger partial charge in [0.1, 0.15) is 5.75 Å². The van der Waals surface area contributed by atoms with Gasteiger partial charge in [-0.05, 0) is 37.6 Å². The first-order valence-corrected chi connectivity index (χ1v) is 7.37. The van der Waals surface area contributed by atoms with E-state index >= 15 is 0 Å². The van der Waals surface area contributed by atoms with E-state index < -0.39 is 0 Å². The number of hydrogen-bond acceptors (Lipinski definition) is 5. The monoisotopic (exact) mass is 303 g/mol. The Kier molecular flexibility index (Phi) is 5.16. The Morgan fingerprint density at radius 3 is 2.71 bits per heavy atom. The van der Waals surface area contributed by atoms with Crippen LogP contribution in [-0.2, 0) is 4.79 Å². The Morgan fingerprint density at radius 1 is 1.33 bits per heavy atom. The lowest BCUT2D eigenvalue weighted by atomic mass is 10.2. The molecule has 0 unspecified atom stereocenters. The molecule has 0 radical (unpaired) electrons. The van der Waals surface area contributed by atoms with E-state index in [2.05, 4.69) is 15.3 Å². The summed E-state index contributed by atoms with van der Waals surface area (Å²) < 4.78 is 5.25. The molecule has 0 saturated heterocycles. The molecule has 21 heavy (non-hydrogen) atoms. The number of methoxy groups -OCH3 is 1. The summed E-state index contributed by atoms with van der Waals surface area (Å²) in [6.07, 6.45) is 3.31. The first-order chi connectivity index (χ1) is 10.1. The summed E-state index contributed by atoms with van der Waals surface area (Å²) in [5.41, 5.74) is 1.72. The first-order valence-electron chi connectivity index (χ1n) is 6.49. The van der Waals surface area contributed by atoms with Crippen LogP contribution in [0.5, 0.6) is 5.75 Å².